The van der Waals surface area contributed by atoms with Crippen molar-refractivity contribution in [3.63, 3.8) is 0 Å². The fraction of sp³-hybridized carbons (Fsp3) is 0.854. The first-order valence-corrected chi connectivity index (χ1v) is 26.2. The van der Waals surface area contributed by atoms with Gasteiger partial charge in [-0.15, -0.1) is 0 Å². The minimum absolute atomic E-state index is 0.00318. The van der Waals surface area contributed by atoms with Gasteiger partial charge in [0.2, 0.25) is 0 Å². The highest BCUT2D eigenvalue weighted by molar-refractivity contribution is 14.1. The van der Waals surface area contributed by atoms with Gasteiger partial charge in [-0.1, -0.05) is 137 Å². The largest absolute Gasteiger partial charge is 0.414 e. The molecule has 0 heterocycles. The minimum atomic E-state index is -2.06. The van der Waals surface area contributed by atoms with Crippen LogP contribution in [-0.4, -0.2) is 62.5 Å². The maximum absolute atomic E-state index is 11.4. The average Bonchev–Trinajstić information content (AvgIpc) is 2.97. The summed E-state index contributed by atoms with van der Waals surface area (Å²) in [4.78, 5) is 0. The van der Waals surface area contributed by atoms with Crippen molar-refractivity contribution in [1.29, 1.82) is 0 Å². The molecule has 0 unspecified atom stereocenters. The quantitative estimate of drug-likeness (QED) is 0.0543. The number of halogens is 1. The van der Waals surface area contributed by atoms with Crippen LogP contribution < -0.4 is 0 Å². The zero-order valence-electron chi connectivity index (χ0n) is 34.7. The smallest absolute Gasteiger partial charge is 0.192 e. The maximum atomic E-state index is 11.4. The number of aliphatic hydroxyl groups excluding tert-OH is 3. The van der Waals surface area contributed by atoms with E-state index in [0.29, 0.717) is 24.7 Å². The zero-order valence-corrected chi connectivity index (χ0v) is 38.9. The van der Waals surface area contributed by atoms with Gasteiger partial charge in [0.25, 0.3) is 0 Å². The van der Waals surface area contributed by atoms with E-state index in [-0.39, 0.29) is 46.0 Å². The van der Waals surface area contributed by atoms with Crippen molar-refractivity contribution in [3.05, 3.63) is 35.0 Å². The SMILES string of the molecule is C=C/C=C\[C@H](C)[C@H](O)[C@@H](C)[C@@H](CC[C@H](C)C[C@H](C)[C@@H](O[Si](C)(C)C(C)(C)C)[C@@H](C)CC[C@@H](O)C[C@H](O)[C@H](C)/C=C/I)O[Si](C)(C)C(C)(C)C. The molecule has 0 aromatic carbocycles. The highest BCUT2D eigenvalue weighted by Crippen LogP contribution is 2.42. The molecule has 290 valence electrons. The van der Waals surface area contributed by atoms with Gasteiger partial charge in [-0.2, -0.15) is 0 Å². The normalized spacial score (nSPS) is 20.7. The first-order chi connectivity index (χ1) is 22.2. The van der Waals surface area contributed by atoms with Crippen molar-refractivity contribution in [2.24, 2.45) is 35.5 Å². The molecule has 0 aromatic heterocycles. The van der Waals surface area contributed by atoms with Crippen LogP contribution >= 0.6 is 22.6 Å². The van der Waals surface area contributed by atoms with Gasteiger partial charge in [0.1, 0.15) is 0 Å². The van der Waals surface area contributed by atoms with E-state index in [1.54, 1.807) is 6.08 Å². The summed E-state index contributed by atoms with van der Waals surface area (Å²) in [6.45, 7) is 40.1. The number of rotatable bonds is 23. The lowest BCUT2D eigenvalue weighted by Crippen LogP contribution is -2.48. The molecular weight excluding hydrogens is 756 g/mol. The second kappa shape index (κ2) is 21.8. The molecule has 0 rings (SSSR count). The van der Waals surface area contributed by atoms with E-state index >= 15 is 0 Å². The van der Waals surface area contributed by atoms with E-state index < -0.39 is 34.9 Å². The second-order valence-corrected chi connectivity index (χ2v) is 28.9. The Morgan fingerprint density at radius 1 is 0.694 bits per heavy atom. The van der Waals surface area contributed by atoms with Crippen LogP contribution in [0.25, 0.3) is 0 Å². The lowest BCUT2D eigenvalue weighted by molar-refractivity contribution is 0.00281. The van der Waals surface area contributed by atoms with E-state index in [2.05, 4.69) is 132 Å². The van der Waals surface area contributed by atoms with E-state index in [4.69, 9.17) is 8.85 Å². The van der Waals surface area contributed by atoms with Crippen LogP contribution in [0.4, 0.5) is 0 Å². The Kier molecular flexibility index (Phi) is 21.9. The standard InChI is InChI=1S/C41H81IO5Si2/c1-18-19-20-31(4)38(45)34(7)37(46-48(14,15)40(8,9)10)24-21-29(2)27-33(6)39(47-49(16,17)41(11,12)13)32(5)22-23-35(43)28-36(44)30(3)25-26-42/h18-20,25-26,29-39,43-45H,1,21-24,27-28H2,2-17H3/b20-19-,26-25+/t29-,30+,31-,32-,33-,34-,35+,36-,37+,38-,39-/m0/s1. The summed E-state index contributed by atoms with van der Waals surface area (Å²) in [5.41, 5.74) is 0. The molecule has 0 saturated heterocycles. The molecule has 0 aliphatic rings. The maximum Gasteiger partial charge on any atom is 0.192 e. The summed E-state index contributed by atoms with van der Waals surface area (Å²) in [7, 11) is -4.10. The second-order valence-electron chi connectivity index (χ2n) is 18.7. The van der Waals surface area contributed by atoms with Gasteiger partial charge >= 0.3 is 0 Å². The Morgan fingerprint density at radius 2 is 1.22 bits per heavy atom. The van der Waals surface area contributed by atoms with Crippen LogP contribution in [0.5, 0.6) is 0 Å². The molecule has 0 amide bonds. The van der Waals surface area contributed by atoms with Crippen LogP contribution in [0.1, 0.15) is 122 Å². The predicted molar refractivity (Wildman–Crippen MR) is 227 cm³/mol. The van der Waals surface area contributed by atoms with Crippen LogP contribution in [0.3, 0.4) is 0 Å². The molecule has 49 heavy (non-hydrogen) atoms. The number of hydrogen-bond donors (Lipinski definition) is 3. The van der Waals surface area contributed by atoms with Crippen molar-refractivity contribution >= 4 is 39.2 Å². The van der Waals surface area contributed by atoms with Crippen molar-refractivity contribution in [2.75, 3.05) is 0 Å². The third kappa shape index (κ3) is 17.3. The Balaban J connectivity index is 5.95. The van der Waals surface area contributed by atoms with Crippen molar-refractivity contribution in [3.8, 4) is 0 Å². The summed E-state index contributed by atoms with van der Waals surface area (Å²) in [6, 6.07) is 0. The molecule has 0 aliphatic heterocycles. The minimum Gasteiger partial charge on any atom is -0.414 e. The molecule has 0 saturated carbocycles. The fourth-order valence-corrected chi connectivity index (χ4v) is 9.77. The molecule has 0 radical (unpaired) electrons. The molecule has 3 N–H and O–H groups in total. The number of hydrogen-bond acceptors (Lipinski definition) is 5. The lowest BCUT2D eigenvalue weighted by atomic mass is 9.81. The fourth-order valence-electron chi connectivity index (χ4n) is 6.17. The zero-order chi connectivity index (χ0) is 38.5. The Bertz CT molecular complexity index is 985. The van der Waals surface area contributed by atoms with E-state index in [0.717, 1.165) is 25.7 Å². The molecule has 0 bridgehead atoms. The molecule has 0 spiro atoms. The number of aliphatic hydroxyl groups is 3. The number of allylic oxidation sites excluding steroid dienone is 2. The van der Waals surface area contributed by atoms with E-state index in [9.17, 15) is 15.3 Å². The highest BCUT2D eigenvalue weighted by atomic mass is 127. The van der Waals surface area contributed by atoms with E-state index in [1.807, 2.05) is 29.2 Å². The first kappa shape index (κ1) is 49.2. The third-order valence-corrected chi connectivity index (χ3v) is 21.4. The molecule has 11 atom stereocenters. The van der Waals surface area contributed by atoms with Crippen molar-refractivity contribution in [1.82, 2.24) is 0 Å². The summed E-state index contributed by atoms with van der Waals surface area (Å²) in [5, 5.41) is 33.0. The summed E-state index contributed by atoms with van der Waals surface area (Å²) in [6.07, 6.45) is 11.1. The van der Waals surface area contributed by atoms with Gasteiger partial charge in [-0.05, 0) is 96.6 Å². The van der Waals surface area contributed by atoms with E-state index in [1.165, 1.54) is 0 Å². The Hall–Kier alpha value is 0.184. The van der Waals surface area contributed by atoms with Gasteiger partial charge < -0.3 is 24.2 Å². The summed E-state index contributed by atoms with van der Waals surface area (Å²) >= 11 is 2.17. The Labute approximate surface area is 320 Å². The first-order valence-electron chi connectivity index (χ1n) is 19.2. The molecular formula is C41H81IO5Si2. The van der Waals surface area contributed by atoms with Crippen LogP contribution in [0, 0.1) is 35.5 Å². The summed E-state index contributed by atoms with van der Waals surface area (Å²) < 4.78 is 16.2. The average molecular weight is 837 g/mol. The third-order valence-electron chi connectivity index (χ3n) is 12.0. The summed E-state index contributed by atoms with van der Waals surface area (Å²) in [5.74, 6) is 1.14. The molecule has 0 aromatic rings. The molecule has 5 nitrogen and oxygen atoms in total. The lowest BCUT2D eigenvalue weighted by Gasteiger charge is -2.44. The van der Waals surface area contributed by atoms with Gasteiger partial charge in [0, 0.05) is 17.8 Å². The molecule has 0 fully saturated rings. The van der Waals surface area contributed by atoms with Gasteiger partial charge in [0.15, 0.2) is 16.6 Å². The monoisotopic (exact) mass is 836 g/mol. The van der Waals surface area contributed by atoms with Gasteiger partial charge in [-0.25, -0.2) is 0 Å². The van der Waals surface area contributed by atoms with Crippen LogP contribution in [0.15, 0.2) is 35.0 Å². The molecule has 0 aliphatic carbocycles. The van der Waals surface area contributed by atoms with Gasteiger partial charge in [0.05, 0.1) is 30.5 Å². The van der Waals surface area contributed by atoms with Crippen LogP contribution in [-0.2, 0) is 8.85 Å². The van der Waals surface area contributed by atoms with Gasteiger partial charge in [-0.3, -0.25) is 0 Å². The van der Waals surface area contributed by atoms with Crippen LogP contribution in [0.2, 0.25) is 36.3 Å². The predicted octanol–water partition coefficient (Wildman–Crippen LogP) is 11.7. The topological polar surface area (TPSA) is 79.2 Å². The van der Waals surface area contributed by atoms with Crippen molar-refractivity contribution < 1.29 is 24.2 Å². The molecule has 8 heteroatoms. The highest BCUT2D eigenvalue weighted by Gasteiger charge is 2.43. The van der Waals surface area contributed by atoms with Crippen molar-refractivity contribution in [2.45, 2.75) is 188 Å². The Morgan fingerprint density at radius 3 is 1.71 bits per heavy atom.